The molecule has 1 aromatic carbocycles. The van der Waals surface area contributed by atoms with E-state index in [0.717, 1.165) is 0 Å². The average molecular weight is 313 g/mol. The van der Waals surface area contributed by atoms with Crippen molar-refractivity contribution in [3.05, 3.63) is 51.8 Å². The molecule has 0 aliphatic heterocycles. The van der Waals surface area contributed by atoms with E-state index in [9.17, 15) is 14.9 Å². The molecule has 0 radical (unpaired) electrons. The molecule has 8 heteroatoms. The number of amides is 1. The Hall–Kier alpha value is -3.60. The van der Waals surface area contributed by atoms with Gasteiger partial charge in [-0.1, -0.05) is 0 Å². The van der Waals surface area contributed by atoms with E-state index in [4.69, 9.17) is 20.1 Å². The van der Waals surface area contributed by atoms with Gasteiger partial charge < -0.3 is 14.9 Å². The van der Waals surface area contributed by atoms with E-state index in [2.05, 4.69) is 0 Å². The van der Waals surface area contributed by atoms with Gasteiger partial charge in [-0.2, -0.15) is 5.26 Å². The second kappa shape index (κ2) is 6.44. The predicted molar refractivity (Wildman–Crippen MR) is 80.1 cm³/mol. The number of primary amides is 1. The number of furan rings is 1. The first-order chi connectivity index (χ1) is 11.0. The molecule has 2 rings (SSSR count). The summed E-state index contributed by atoms with van der Waals surface area (Å²) < 4.78 is 10.6. The van der Waals surface area contributed by atoms with E-state index in [1.807, 2.05) is 0 Å². The Morgan fingerprint density at radius 3 is 2.74 bits per heavy atom. The highest BCUT2D eigenvalue weighted by atomic mass is 16.6. The van der Waals surface area contributed by atoms with E-state index in [0.29, 0.717) is 11.3 Å². The van der Waals surface area contributed by atoms with E-state index in [1.54, 1.807) is 12.1 Å². The third-order valence-electron chi connectivity index (χ3n) is 2.96. The SMILES string of the molecule is COc1cc([N+](=O)[O-])ccc1-c1ccc(/C=C(\C#N)C(N)=O)o1. The van der Waals surface area contributed by atoms with Crippen LogP contribution in [-0.2, 0) is 4.79 Å². The molecule has 0 saturated heterocycles. The van der Waals surface area contributed by atoms with Crippen LogP contribution >= 0.6 is 0 Å². The maximum atomic E-state index is 11.0. The van der Waals surface area contributed by atoms with Crippen molar-refractivity contribution >= 4 is 17.7 Å². The molecule has 2 aromatic rings. The summed E-state index contributed by atoms with van der Waals surface area (Å²) >= 11 is 0. The number of methoxy groups -OCH3 is 1. The Labute approximate surface area is 130 Å². The number of hydrogen-bond donors (Lipinski definition) is 1. The van der Waals surface area contributed by atoms with Gasteiger partial charge in [-0.3, -0.25) is 14.9 Å². The summed E-state index contributed by atoms with van der Waals surface area (Å²) in [6.07, 6.45) is 1.21. The molecular formula is C15H11N3O5. The van der Waals surface area contributed by atoms with E-state index in [-0.39, 0.29) is 22.8 Å². The van der Waals surface area contributed by atoms with Crippen molar-refractivity contribution in [2.75, 3.05) is 7.11 Å². The van der Waals surface area contributed by atoms with Crippen LogP contribution in [-0.4, -0.2) is 17.9 Å². The number of carbonyl (C=O) groups is 1. The maximum absolute atomic E-state index is 11.0. The largest absolute Gasteiger partial charge is 0.496 e. The van der Waals surface area contributed by atoms with Gasteiger partial charge in [0.15, 0.2) is 0 Å². The highest BCUT2D eigenvalue weighted by Crippen LogP contribution is 2.34. The summed E-state index contributed by atoms with van der Waals surface area (Å²) in [6.45, 7) is 0. The van der Waals surface area contributed by atoms with Gasteiger partial charge in [0.05, 0.1) is 23.7 Å². The lowest BCUT2D eigenvalue weighted by molar-refractivity contribution is -0.384. The molecule has 0 saturated carbocycles. The second-order valence-corrected chi connectivity index (χ2v) is 4.38. The quantitative estimate of drug-likeness (QED) is 0.389. The number of nitriles is 1. The fourth-order valence-corrected chi connectivity index (χ4v) is 1.87. The minimum atomic E-state index is -0.863. The van der Waals surface area contributed by atoms with Gasteiger partial charge in [0.1, 0.15) is 28.9 Å². The standard InChI is InChI=1S/C15H11N3O5/c1-22-14-7-10(18(20)21)2-4-12(14)13-5-3-11(23-13)6-9(8-16)15(17)19/h2-7H,1H3,(H2,17,19)/b9-6+. The third kappa shape index (κ3) is 3.36. The zero-order chi connectivity index (χ0) is 17.0. The van der Waals surface area contributed by atoms with E-state index < -0.39 is 10.8 Å². The van der Waals surface area contributed by atoms with Crippen LogP contribution in [0.1, 0.15) is 5.76 Å². The number of non-ortho nitro benzene ring substituents is 1. The van der Waals surface area contributed by atoms with Crippen LogP contribution in [0.3, 0.4) is 0 Å². The predicted octanol–water partition coefficient (Wildman–Crippen LogP) is 2.26. The number of nitrogens with zero attached hydrogens (tertiary/aromatic N) is 2. The minimum Gasteiger partial charge on any atom is -0.496 e. The number of benzene rings is 1. The third-order valence-corrected chi connectivity index (χ3v) is 2.96. The molecule has 0 bridgehead atoms. The summed E-state index contributed by atoms with van der Waals surface area (Å²) in [4.78, 5) is 21.3. The first kappa shape index (κ1) is 15.8. The van der Waals surface area contributed by atoms with Crippen molar-refractivity contribution in [3.63, 3.8) is 0 Å². The lowest BCUT2D eigenvalue weighted by atomic mass is 10.1. The minimum absolute atomic E-state index is 0.113. The molecule has 0 fully saturated rings. The molecule has 0 unspecified atom stereocenters. The topological polar surface area (TPSA) is 132 Å². The molecule has 1 aromatic heterocycles. The Morgan fingerprint density at radius 1 is 1.43 bits per heavy atom. The molecule has 0 spiro atoms. The normalized spacial score (nSPS) is 10.9. The lowest BCUT2D eigenvalue weighted by Gasteiger charge is -2.05. The molecule has 0 atom stereocenters. The second-order valence-electron chi connectivity index (χ2n) is 4.38. The van der Waals surface area contributed by atoms with E-state index in [1.165, 1.54) is 37.5 Å². The molecule has 116 valence electrons. The van der Waals surface area contributed by atoms with Gasteiger partial charge in [-0.05, 0) is 18.2 Å². The Bertz CT molecular complexity index is 845. The summed E-state index contributed by atoms with van der Waals surface area (Å²) in [5, 5.41) is 19.6. The van der Waals surface area contributed by atoms with Gasteiger partial charge in [-0.15, -0.1) is 0 Å². The maximum Gasteiger partial charge on any atom is 0.273 e. The molecule has 2 N–H and O–H groups in total. The lowest BCUT2D eigenvalue weighted by Crippen LogP contribution is -2.12. The number of rotatable bonds is 5. The monoisotopic (exact) mass is 313 g/mol. The number of ether oxygens (including phenoxy) is 1. The zero-order valence-electron chi connectivity index (χ0n) is 12.0. The highest BCUT2D eigenvalue weighted by Gasteiger charge is 2.15. The number of nitro groups is 1. The van der Waals surface area contributed by atoms with Crippen molar-refractivity contribution in [1.82, 2.24) is 0 Å². The molecule has 0 aliphatic carbocycles. The molecule has 1 amide bonds. The first-order valence-electron chi connectivity index (χ1n) is 6.30. The van der Waals surface area contributed by atoms with Gasteiger partial charge >= 0.3 is 0 Å². The summed E-state index contributed by atoms with van der Waals surface area (Å²) in [6, 6.07) is 8.88. The fraction of sp³-hybridized carbons (Fsp3) is 0.0667. The molecule has 1 heterocycles. The van der Waals surface area contributed by atoms with Crippen LogP contribution in [0.15, 0.2) is 40.3 Å². The van der Waals surface area contributed by atoms with Crippen LogP contribution in [0, 0.1) is 21.4 Å². The number of nitrogens with two attached hydrogens (primary N) is 1. The number of hydrogen-bond acceptors (Lipinski definition) is 6. The van der Waals surface area contributed by atoms with Crippen LogP contribution in [0.5, 0.6) is 5.75 Å². The van der Waals surface area contributed by atoms with Crippen molar-refractivity contribution in [1.29, 1.82) is 5.26 Å². The molecule has 0 aliphatic rings. The van der Waals surface area contributed by atoms with Crippen molar-refractivity contribution in [3.8, 4) is 23.1 Å². The average Bonchev–Trinajstić information content (AvgIpc) is 2.99. The molecule has 23 heavy (non-hydrogen) atoms. The fourth-order valence-electron chi connectivity index (χ4n) is 1.87. The summed E-state index contributed by atoms with van der Waals surface area (Å²) in [5.74, 6) is 0.0124. The van der Waals surface area contributed by atoms with Crippen LogP contribution in [0.2, 0.25) is 0 Å². The van der Waals surface area contributed by atoms with Gasteiger partial charge in [-0.25, -0.2) is 0 Å². The van der Waals surface area contributed by atoms with Crippen molar-refractivity contribution in [2.24, 2.45) is 5.73 Å². The van der Waals surface area contributed by atoms with Crippen LogP contribution in [0.4, 0.5) is 5.69 Å². The van der Waals surface area contributed by atoms with E-state index >= 15 is 0 Å². The first-order valence-corrected chi connectivity index (χ1v) is 6.30. The van der Waals surface area contributed by atoms with Crippen LogP contribution in [0.25, 0.3) is 17.4 Å². The summed E-state index contributed by atoms with van der Waals surface area (Å²) in [5.41, 5.74) is 5.18. The highest BCUT2D eigenvalue weighted by molar-refractivity contribution is 6.00. The van der Waals surface area contributed by atoms with Gasteiger partial charge in [0.2, 0.25) is 0 Å². The number of carbonyl (C=O) groups excluding carboxylic acids is 1. The van der Waals surface area contributed by atoms with Crippen LogP contribution < -0.4 is 10.5 Å². The Kier molecular flexibility index (Phi) is 4.42. The van der Waals surface area contributed by atoms with Gasteiger partial charge in [0, 0.05) is 12.1 Å². The Balaban J connectivity index is 2.43. The van der Waals surface area contributed by atoms with Crippen molar-refractivity contribution < 1.29 is 18.9 Å². The zero-order valence-corrected chi connectivity index (χ0v) is 12.0. The molecule has 8 nitrogen and oxygen atoms in total. The molecular weight excluding hydrogens is 302 g/mol. The summed E-state index contributed by atoms with van der Waals surface area (Å²) in [7, 11) is 1.38. The number of nitro benzene ring substituents is 1. The smallest absolute Gasteiger partial charge is 0.273 e. The Morgan fingerprint density at radius 2 is 2.17 bits per heavy atom. The van der Waals surface area contributed by atoms with Crippen molar-refractivity contribution in [2.45, 2.75) is 0 Å². The van der Waals surface area contributed by atoms with Gasteiger partial charge in [0.25, 0.3) is 11.6 Å².